The maximum absolute atomic E-state index is 6.11. The first-order chi connectivity index (χ1) is 6.80. The van der Waals surface area contributed by atoms with Gasteiger partial charge in [-0.3, -0.25) is 0 Å². The standard InChI is InChI=1S/C11H18BIO2/c1-9(2)7-5-8(9)11(4)10(3,6-7)14-12(13)15-11/h7-8H,5-6H2,1-4H3/t7-,8-,10+,11-/m0/s1. The molecule has 0 radical (unpaired) electrons. The highest BCUT2D eigenvalue weighted by atomic mass is 127. The molecule has 1 saturated heterocycles. The summed E-state index contributed by atoms with van der Waals surface area (Å²) in [6, 6.07) is 0. The highest BCUT2D eigenvalue weighted by Crippen LogP contribution is 2.69. The van der Waals surface area contributed by atoms with E-state index in [9.17, 15) is 0 Å². The zero-order valence-electron chi connectivity index (χ0n) is 9.84. The first-order valence-electron chi connectivity index (χ1n) is 5.79. The average molecular weight is 320 g/mol. The molecule has 3 saturated carbocycles. The molecule has 4 rings (SSSR count). The third kappa shape index (κ3) is 1.09. The van der Waals surface area contributed by atoms with Gasteiger partial charge >= 0.3 is 4.97 Å². The van der Waals surface area contributed by atoms with E-state index in [-0.39, 0.29) is 16.2 Å². The molecule has 2 nitrogen and oxygen atoms in total. The lowest BCUT2D eigenvalue weighted by atomic mass is 9.41. The Balaban J connectivity index is 2.02. The molecule has 1 heterocycles. The van der Waals surface area contributed by atoms with Gasteiger partial charge in [0.05, 0.1) is 11.2 Å². The van der Waals surface area contributed by atoms with Crippen LogP contribution in [0.25, 0.3) is 0 Å². The molecule has 0 spiro atoms. The van der Waals surface area contributed by atoms with Crippen LogP contribution in [0.4, 0.5) is 0 Å². The van der Waals surface area contributed by atoms with Crippen LogP contribution in [-0.4, -0.2) is 16.2 Å². The Bertz CT molecular complexity index is 322. The van der Waals surface area contributed by atoms with E-state index in [2.05, 4.69) is 50.1 Å². The third-order valence-corrected chi connectivity index (χ3v) is 6.02. The Hall–Kier alpha value is 0.715. The molecular weight excluding hydrogens is 302 g/mol. The second-order valence-electron chi connectivity index (χ2n) is 6.36. The van der Waals surface area contributed by atoms with Crippen LogP contribution in [0.1, 0.15) is 40.5 Å². The predicted molar refractivity (Wildman–Crippen MR) is 68.7 cm³/mol. The van der Waals surface area contributed by atoms with Crippen molar-refractivity contribution in [1.29, 1.82) is 0 Å². The van der Waals surface area contributed by atoms with Gasteiger partial charge in [-0.05, 0) is 43.9 Å². The van der Waals surface area contributed by atoms with Crippen molar-refractivity contribution in [2.24, 2.45) is 17.3 Å². The summed E-state index contributed by atoms with van der Waals surface area (Å²) < 4.78 is 12.1. The molecule has 4 heteroatoms. The van der Waals surface area contributed by atoms with Crippen LogP contribution in [0.2, 0.25) is 0 Å². The van der Waals surface area contributed by atoms with E-state index in [4.69, 9.17) is 9.31 Å². The first kappa shape index (κ1) is 10.8. The van der Waals surface area contributed by atoms with Crippen LogP contribution in [-0.2, 0) is 9.31 Å². The van der Waals surface area contributed by atoms with Gasteiger partial charge in [0.15, 0.2) is 0 Å². The van der Waals surface area contributed by atoms with Gasteiger partial charge < -0.3 is 9.31 Å². The summed E-state index contributed by atoms with van der Waals surface area (Å²) in [5.74, 6) is 1.49. The number of rotatable bonds is 0. The third-order valence-electron chi connectivity index (χ3n) is 5.51. The molecule has 4 aliphatic rings. The minimum atomic E-state index is -0.0723. The van der Waals surface area contributed by atoms with Gasteiger partial charge in [0, 0.05) is 0 Å². The fourth-order valence-electron chi connectivity index (χ4n) is 4.13. The highest BCUT2D eigenvalue weighted by molar-refractivity contribution is 14.1. The minimum absolute atomic E-state index is 0.0536. The minimum Gasteiger partial charge on any atom is -0.394 e. The van der Waals surface area contributed by atoms with Crippen LogP contribution in [0.15, 0.2) is 0 Å². The van der Waals surface area contributed by atoms with Gasteiger partial charge in [-0.1, -0.05) is 36.2 Å². The topological polar surface area (TPSA) is 18.5 Å². The summed E-state index contributed by atoms with van der Waals surface area (Å²) in [5.41, 5.74) is 0.317. The van der Waals surface area contributed by atoms with Crippen molar-refractivity contribution in [1.82, 2.24) is 0 Å². The quantitative estimate of drug-likeness (QED) is 0.505. The maximum atomic E-state index is 6.11. The molecule has 15 heavy (non-hydrogen) atoms. The lowest BCUT2D eigenvalue weighted by Crippen LogP contribution is -2.70. The van der Waals surface area contributed by atoms with Gasteiger partial charge in [-0.25, -0.2) is 0 Å². The second kappa shape index (κ2) is 2.75. The van der Waals surface area contributed by atoms with Crippen LogP contribution in [0.3, 0.4) is 0 Å². The van der Waals surface area contributed by atoms with E-state index in [0.29, 0.717) is 11.3 Å². The lowest BCUT2D eigenvalue weighted by molar-refractivity contribution is -0.234. The second-order valence-corrected chi connectivity index (χ2v) is 7.38. The van der Waals surface area contributed by atoms with E-state index in [1.165, 1.54) is 6.42 Å². The van der Waals surface area contributed by atoms with E-state index >= 15 is 0 Å². The summed E-state index contributed by atoms with van der Waals surface area (Å²) in [6.07, 6.45) is 2.48. The molecule has 0 aromatic heterocycles. The first-order valence-corrected chi connectivity index (χ1v) is 7.04. The Morgan fingerprint density at radius 3 is 2.47 bits per heavy atom. The number of hydrogen-bond acceptors (Lipinski definition) is 2. The van der Waals surface area contributed by atoms with Crippen LogP contribution < -0.4 is 0 Å². The van der Waals surface area contributed by atoms with Gasteiger partial charge in [0.25, 0.3) is 0 Å². The molecule has 1 aliphatic heterocycles. The monoisotopic (exact) mass is 320 g/mol. The van der Waals surface area contributed by atoms with Gasteiger partial charge in [0.1, 0.15) is 0 Å². The number of halogens is 1. The molecule has 0 amide bonds. The zero-order valence-corrected chi connectivity index (χ0v) is 12.0. The van der Waals surface area contributed by atoms with Crippen molar-refractivity contribution >= 4 is 27.3 Å². The molecule has 0 aromatic rings. The Morgan fingerprint density at radius 1 is 1.20 bits per heavy atom. The average Bonchev–Trinajstić information content (AvgIpc) is 2.32. The largest absolute Gasteiger partial charge is 0.533 e. The zero-order chi connectivity index (χ0) is 11.1. The summed E-state index contributed by atoms with van der Waals surface area (Å²) in [4.78, 5) is -0.0623. The van der Waals surface area contributed by atoms with Crippen molar-refractivity contribution < 1.29 is 9.31 Å². The van der Waals surface area contributed by atoms with Crippen LogP contribution in [0.5, 0.6) is 0 Å². The normalized spacial score (nSPS) is 56.2. The molecule has 4 fully saturated rings. The Kier molecular flexibility index (Phi) is 1.99. The lowest BCUT2D eigenvalue weighted by Gasteiger charge is -2.67. The van der Waals surface area contributed by atoms with Crippen LogP contribution in [0, 0.1) is 17.3 Å². The van der Waals surface area contributed by atoms with Gasteiger partial charge in [0.2, 0.25) is 0 Å². The van der Waals surface area contributed by atoms with E-state index in [0.717, 1.165) is 12.3 Å². The molecule has 0 aromatic carbocycles. The van der Waals surface area contributed by atoms with Crippen molar-refractivity contribution in [3.8, 4) is 0 Å². The van der Waals surface area contributed by atoms with Crippen molar-refractivity contribution in [2.75, 3.05) is 0 Å². The van der Waals surface area contributed by atoms with E-state index in [1.807, 2.05) is 0 Å². The van der Waals surface area contributed by atoms with E-state index < -0.39 is 0 Å². The fourth-order valence-corrected chi connectivity index (χ4v) is 5.22. The molecule has 84 valence electrons. The predicted octanol–water partition coefficient (Wildman–Crippen LogP) is 3.04. The Labute approximate surface area is 105 Å². The summed E-state index contributed by atoms with van der Waals surface area (Å²) in [6.45, 7) is 9.27. The van der Waals surface area contributed by atoms with Gasteiger partial charge in [-0.2, -0.15) is 0 Å². The van der Waals surface area contributed by atoms with Crippen molar-refractivity contribution in [3.05, 3.63) is 0 Å². The fraction of sp³-hybridized carbons (Fsp3) is 1.00. The summed E-state index contributed by atoms with van der Waals surface area (Å²) in [5, 5.41) is 0. The maximum Gasteiger partial charge on any atom is 0.533 e. The van der Waals surface area contributed by atoms with Crippen molar-refractivity contribution in [3.63, 3.8) is 0 Å². The van der Waals surface area contributed by atoms with E-state index in [1.54, 1.807) is 0 Å². The summed E-state index contributed by atoms with van der Waals surface area (Å²) in [7, 11) is 0. The van der Waals surface area contributed by atoms with Crippen molar-refractivity contribution in [2.45, 2.75) is 51.7 Å². The molecule has 4 atom stereocenters. The summed E-state index contributed by atoms with van der Waals surface area (Å²) >= 11 is 2.25. The van der Waals surface area contributed by atoms with Crippen LogP contribution >= 0.6 is 22.4 Å². The molecule has 3 aliphatic carbocycles. The molecular formula is C11H18BIO2. The number of hydrogen-bond donors (Lipinski definition) is 0. The molecule has 0 N–H and O–H groups in total. The highest BCUT2D eigenvalue weighted by Gasteiger charge is 2.72. The molecule has 2 bridgehead atoms. The smallest absolute Gasteiger partial charge is 0.394 e. The SMILES string of the molecule is CC1(C)[C@H]2C[C@@H]1[C@]1(C)OB(I)O[C@]1(C)C2. The van der Waals surface area contributed by atoms with Gasteiger partial charge in [-0.15, -0.1) is 0 Å². The molecule has 0 unspecified atom stereocenters. The Morgan fingerprint density at radius 2 is 1.87 bits per heavy atom.